The molecule has 75 heavy (non-hydrogen) atoms. The molecule has 0 amide bonds. The minimum absolute atomic E-state index is 0.0196. The van der Waals surface area contributed by atoms with Crippen molar-refractivity contribution >= 4 is 86.3 Å². The van der Waals surface area contributed by atoms with Crippen LogP contribution < -0.4 is 21.8 Å². The van der Waals surface area contributed by atoms with Crippen LogP contribution in [0.25, 0.3) is 44.4 Å². The third-order valence-electron chi connectivity index (χ3n) is 14.5. The third kappa shape index (κ3) is 9.87. The van der Waals surface area contributed by atoms with Crippen LogP contribution in [0.15, 0.2) is 132 Å². The van der Waals surface area contributed by atoms with Crippen LogP contribution in [0.3, 0.4) is 0 Å². The minimum Gasteiger partial charge on any atom is -0.407 e. The number of hydrogen-bond acceptors (Lipinski definition) is 10. The Morgan fingerprint density at radius 1 is 0.600 bits per heavy atom. The second kappa shape index (κ2) is 21.1. The monoisotopic (exact) mass is 1060 g/mol. The van der Waals surface area contributed by atoms with Crippen molar-refractivity contribution in [1.82, 2.24) is 57.3 Å². The molecule has 2 aliphatic carbocycles. The lowest BCUT2D eigenvalue weighted by atomic mass is 10.2. The van der Waals surface area contributed by atoms with Crippen LogP contribution in [-0.2, 0) is 30.6 Å². The van der Waals surface area contributed by atoms with Gasteiger partial charge in [-0.1, -0.05) is 105 Å². The van der Waals surface area contributed by atoms with Gasteiger partial charge in [0, 0.05) is 63.2 Å². The van der Waals surface area contributed by atoms with Crippen LogP contribution in [-0.4, -0.2) is 83.9 Å². The predicted octanol–water partition coefficient (Wildman–Crippen LogP) is 9.09. The standard InChI is InChI=1S/C36H39ClN6O2Si.C20H21ClN6O2/c1-36(2,3)46(28-12-6-4-7-13-28,29-14-8-5-9-15-29)45-21-11-10-20-41-33(40-30-22-26(37)23-39-34(30)41)25-42-32-24-38-19-18-31(32)43(35(42)44)27-16-17-27;21-13-9-15-19(23-10-13)25(7-1-2-8-28)18(24-15)12-26-17-11-22-6-5-16(17)27(20(26)29)14-3-4-14/h4-9,12-15,18-19,22-24,27H,10-11,16-17,20-21,25H2,1-3H3;5-6,9-11,14,28H,1-4,7-8,12H2. The van der Waals surface area contributed by atoms with E-state index < -0.39 is 8.32 Å². The Labute approximate surface area is 444 Å². The maximum absolute atomic E-state index is 13.7. The van der Waals surface area contributed by atoms with Crippen molar-refractivity contribution in [2.45, 2.75) is 115 Å². The van der Waals surface area contributed by atoms with Gasteiger partial charge >= 0.3 is 11.4 Å². The number of rotatable bonds is 18. The van der Waals surface area contributed by atoms with E-state index in [1.54, 1.807) is 52.4 Å². The molecule has 0 saturated heterocycles. The molecule has 12 rings (SSSR count). The summed E-state index contributed by atoms with van der Waals surface area (Å²) in [6.45, 7) is 9.69. The second-order valence-corrected chi connectivity index (χ2v) is 25.8. The van der Waals surface area contributed by atoms with Crippen LogP contribution in [0, 0.1) is 0 Å². The van der Waals surface area contributed by atoms with E-state index in [4.69, 9.17) is 42.7 Å². The number of aromatic nitrogens is 12. The van der Waals surface area contributed by atoms with Crippen LogP contribution in [0.4, 0.5) is 0 Å². The Balaban J connectivity index is 0.000000178. The molecular weight excluding hydrogens is 1000 g/mol. The van der Waals surface area contributed by atoms with Crippen molar-refractivity contribution in [3.05, 3.63) is 165 Å². The molecule has 0 atom stereocenters. The average Bonchev–Trinajstić information content (AvgIpc) is 4.33. The number of fused-ring (bicyclic) bond motifs is 4. The Bertz CT molecular complexity index is 3740. The Hall–Kier alpha value is -6.76. The number of aliphatic hydroxyl groups excluding tert-OH is 1. The molecule has 16 nitrogen and oxygen atoms in total. The van der Waals surface area contributed by atoms with Gasteiger partial charge in [0.05, 0.1) is 57.6 Å². The van der Waals surface area contributed by atoms with E-state index in [1.165, 1.54) is 10.4 Å². The lowest BCUT2D eigenvalue weighted by molar-refractivity contribution is 0.281. The van der Waals surface area contributed by atoms with E-state index in [2.05, 4.69) is 106 Å². The predicted molar refractivity (Wildman–Crippen MR) is 297 cm³/mol. The number of imidazole rings is 4. The molecule has 386 valence electrons. The molecule has 0 aliphatic heterocycles. The Morgan fingerprint density at radius 2 is 1.05 bits per heavy atom. The quantitative estimate of drug-likeness (QED) is 0.0646. The molecule has 0 spiro atoms. The number of unbranched alkanes of at least 4 members (excludes halogenated alkanes) is 2. The smallest absolute Gasteiger partial charge is 0.329 e. The molecule has 10 aromatic rings. The highest BCUT2D eigenvalue weighted by Crippen LogP contribution is 2.39. The first-order valence-corrected chi connectivity index (χ1v) is 28.6. The van der Waals surface area contributed by atoms with Crippen molar-refractivity contribution in [1.29, 1.82) is 0 Å². The Morgan fingerprint density at radius 3 is 1.48 bits per heavy atom. The first-order chi connectivity index (χ1) is 36.4. The zero-order valence-electron chi connectivity index (χ0n) is 42.4. The summed E-state index contributed by atoms with van der Waals surface area (Å²) >= 11 is 12.4. The van der Waals surface area contributed by atoms with E-state index in [-0.39, 0.29) is 35.1 Å². The van der Waals surface area contributed by atoms with Crippen LogP contribution >= 0.6 is 23.2 Å². The van der Waals surface area contributed by atoms with Crippen LogP contribution in [0.1, 0.15) is 95.9 Å². The molecule has 8 heterocycles. The number of halogens is 2. The van der Waals surface area contributed by atoms with Crippen molar-refractivity contribution < 1.29 is 9.53 Å². The van der Waals surface area contributed by atoms with Crippen molar-refractivity contribution in [3.8, 4) is 0 Å². The van der Waals surface area contributed by atoms with Gasteiger partial charge in [-0.25, -0.2) is 29.5 Å². The van der Waals surface area contributed by atoms with Crippen LogP contribution in [0.2, 0.25) is 15.1 Å². The number of pyridine rings is 4. The summed E-state index contributed by atoms with van der Waals surface area (Å²) in [7, 11) is -2.60. The minimum atomic E-state index is -2.60. The fourth-order valence-corrected chi connectivity index (χ4v) is 15.6. The van der Waals surface area contributed by atoms with Gasteiger partial charge in [0.15, 0.2) is 11.3 Å². The Kier molecular flexibility index (Phi) is 14.2. The summed E-state index contributed by atoms with van der Waals surface area (Å²) in [5, 5.41) is 12.7. The van der Waals surface area contributed by atoms with Gasteiger partial charge in [-0.2, -0.15) is 0 Å². The van der Waals surface area contributed by atoms with Gasteiger partial charge < -0.3 is 18.7 Å². The van der Waals surface area contributed by atoms with Gasteiger partial charge in [0.1, 0.15) is 22.7 Å². The first kappa shape index (κ1) is 50.4. The van der Waals surface area contributed by atoms with E-state index >= 15 is 0 Å². The molecular formula is C56H60Cl2N12O4Si. The molecule has 2 aliphatic rings. The highest BCUT2D eigenvalue weighted by Gasteiger charge is 2.50. The zero-order chi connectivity index (χ0) is 51.8. The normalized spacial score (nSPS) is 14.1. The first-order valence-electron chi connectivity index (χ1n) is 25.9. The number of benzene rings is 2. The maximum atomic E-state index is 13.7. The summed E-state index contributed by atoms with van der Waals surface area (Å²) in [5.41, 5.74) is 6.35. The topological polar surface area (TPSA) is 171 Å². The van der Waals surface area contributed by atoms with Gasteiger partial charge in [0.2, 0.25) is 0 Å². The average molecular weight is 1060 g/mol. The molecule has 2 aromatic carbocycles. The molecule has 1 N–H and O–H groups in total. The largest absolute Gasteiger partial charge is 0.407 e. The number of hydrogen-bond donors (Lipinski definition) is 1. The van der Waals surface area contributed by atoms with Gasteiger partial charge in [-0.15, -0.1) is 0 Å². The van der Waals surface area contributed by atoms with Crippen molar-refractivity contribution in [3.63, 3.8) is 0 Å². The summed E-state index contributed by atoms with van der Waals surface area (Å²) < 4.78 is 18.6. The van der Waals surface area contributed by atoms with Crippen molar-refractivity contribution in [2.75, 3.05) is 13.2 Å². The second-order valence-electron chi connectivity index (χ2n) is 20.7. The summed E-state index contributed by atoms with van der Waals surface area (Å²) in [6.07, 6.45) is 17.6. The van der Waals surface area contributed by atoms with Gasteiger partial charge in [0.25, 0.3) is 8.32 Å². The number of aryl methyl sites for hydroxylation is 2. The summed E-state index contributed by atoms with van der Waals surface area (Å²) in [6, 6.07) is 29.5. The fraction of sp³-hybridized carbons (Fsp3) is 0.357. The molecule has 0 unspecified atom stereocenters. The van der Waals surface area contributed by atoms with E-state index in [9.17, 15) is 9.59 Å². The summed E-state index contributed by atoms with van der Waals surface area (Å²) in [4.78, 5) is 54.2. The molecule has 2 saturated carbocycles. The number of nitrogens with zero attached hydrogens (tertiary/aromatic N) is 12. The van der Waals surface area contributed by atoms with Gasteiger partial charge in [-0.3, -0.25) is 28.2 Å². The SMILES string of the molecule is CC(C)(C)[Si](OCCCCn1c(Cn2c(=O)n(C3CC3)c3ccncc32)nc2cc(Cl)cnc21)(c1ccccc1)c1ccccc1.O=c1n(Cc2nc3cc(Cl)cnc3n2CCCCO)c2cnccc2n1C1CC1. The highest BCUT2D eigenvalue weighted by atomic mass is 35.5. The molecule has 8 aromatic heterocycles. The van der Waals surface area contributed by atoms with Crippen molar-refractivity contribution in [2.24, 2.45) is 0 Å². The van der Waals surface area contributed by atoms with E-state index in [0.29, 0.717) is 54.8 Å². The molecule has 0 bridgehead atoms. The van der Waals surface area contributed by atoms with Crippen LogP contribution in [0.5, 0.6) is 0 Å². The van der Waals surface area contributed by atoms with E-state index in [0.717, 1.165) is 95.5 Å². The zero-order valence-corrected chi connectivity index (χ0v) is 44.9. The maximum Gasteiger partial charge on any atom is 0.329 e. The summed E-state index contributed by atoms with van der Waals surface area (Å²) in [5.74, 6) is 1.52. The number of aliphatic hydroxyl groups is 1. The molecule has 19 heteroatoms. The lowest BCUT2D eigenvalue weighted by Crippen LogP contribution is -2.66. The third-order valence-corrected chi connectivity index (χ3v) is 20.0. The lowest BCUT2D eigenvalue weighted by Gasteiger charge is -2.43. The highest BCUT2D eigenvalue weighted by molar-refractivity contribution is 6.99. The fourth-order valence-electron chi connectivity index (χ4n) is 10.7. The molecule has 2 fully saturated rings. The van der Waals surface area contributed by atoms with E-state index in [1.807, 2.05) is 31.9 Å². The van der Waals surface area contributed by atoms with Gasteiger partial charge in [-0.05, 0) is 91.0 Å². The molecule has 0 radical (unpaired) electrons.